The van der Waals surface area contributed by atoms with E-state index in [0.717, 1.165) is 29.7 Å². The summed E-state index contributed by atoms with van der Waals surface area (Å²) in [5.74, 6) is 0.840. The zero-order valence-corrected chi connectivity index (χ0v) is 14.5. The minimum absolute atomic E-state index is 0.296. The third-order valence-corrected chi connectivity index (χ3v) is 3.54. The standard InChI is InChI=1S/C15H23N7O2/c1-5-6-7-22-14(19-20-21-22)18-15(23)16-9-12-10(2)8-11(3)17-13(12)24-4/h8H,5-7,9H2,1-4H3,(H2,16,18,19,21,23). The first-order chi connectivity index (χ1) is 11.5. The van der Waals surface area contributed by atoms with Gasteiger partial charge in [-0.05, 0) is 42.3 Å². The van der Waals surface area contributed by atoms with E-state index < -0.39 is 0 Å². The van der Waals surface area contributed by atoms with Crippen molar-refractivity contribution < 1.29 is 9.53 Å². The third kappa shape index (κ3) is 4.40. The molecule has 24 heavy (non-hydrogen) atoms. The largest absolute Gasteiger partial charge is 0.481 e. The van der Waals surface area contributed by atoms with Crippen LogP contribution in [-0.4, -0.2) is 38.3 Å². The van der Waals surface area contributed by atoms with Gasteiger partial charge in [0.1, 0.15) is 0 Å². The monoisotopic (exact) mass is 333 g/mol. The highest BCUT2D eigenvalue weighted by molar-refractivity contribution is 5.87. The lowest BCUT2D eigenvalue weighted by molar-refractivity contribution is 0.251. The SMILES string of the molecule is CCCCn1nnnc1NC(=O)NCc1c(C)cc(C)nc1OC. The van der Waals surface area contributed by atoms with E-state index in [2.05, 4.69) is 38.1 Å². The summed E-state index contributed by atoms with van der Waals surface area (Å²) in [4.78, 5) is 16.4. The number of unbranched alkanes of at least 4 members (excludes halogenated alkanes) is 1. The average Bonchev–Trinajstić information content (AvgIpc) is 2.98. The van der Waals surface area contributed by atoms with E-state index in [9.17, 15) is 4.79 Å². The first-order valence-corrected chi connectivity index (χ1v) is 7.87. The van der Waals surface area contributed by atoms with Gasteiger partial charge in [-0.3, -0.25) is 5.32 Å². The van der Waals surface area contributed by atoms with Crippen molar-refractivity contribution in [2.75, 3.05) is 12.4 Å². The van der Waals surface area contributed by atoms with Crippen LogP contribution in [0.5, 0.6) is 5.88 Å². The van der Waals surface area contributed by atoms with Crippen LogP contribution in [0.25, 0.3) is 0 Å². The molecule has 0 aliphatic rings. The molecule has 2 N–H and O–H groups in total. The van der Waals surface area contributed by atoms with Gasteiger partial charge in [0.05, 0.1) is 13.7 Å². The summed E-state index contributed by atoms with van der Waals surface area (Å²) in [6.45, 7) is 6.89. The van der Waals surface area contributed by atoms with E-state index in [1.165, 1.54) is 0 Å². The maximum atomic E-state index is 12.1. The van der Waals surface area contributed by atoms with E-state index in [-0.39, 0.29) is 6.03 Å². The number of nitrogens with one attached hydrogen (secondary N) is 2. The Balaban J connectivity index is 1.98. The molecule has 0 atom stereocenters. The first-order valence-electron chi connectivity index (χ1n) is 7.87. The number of pyridine rings is 1. The number of nitrogens with zero attached hydrogens (tertiary/aromatic N) is 5. The van der Waals surface area contributed by atoms with Crippen molar-refractivity contribution in [2.45, 2.75) is 46.7 Å². The summed E-state index contributed by atoms with van der Waals surface area (Å²) in [5, 5.41) is 16.7. The molecule has 130 valence electrons. The van der Waals surface area contributed by atoms with Crippen LogP contribution in [0.3, 0.4) is 0 Å². The highest BCUT2D eigenvalue weighted by Crippen LogP contribution is 2.20. The lowest BCUT2D eigenvalue weighted by Gasteiger charge is -2.13. The van der Waals surface area contributed by atoms with Crippen LogP contribution < -0.4 is 15.4 Å². The zero-order valence-electron chi connectivity index (χ0n) is 14.5. The molecular weight excluding hydrogens is 310 g/mol. The molecule has 0 spiro atoms. The lowest BCUT2D eigenvalue weighted by Crippen LogP contribution is -2.30. The highest BCUT2D eigenvalue weighted by atomic mass is 16.5. The Labute approximate surface area is 140 Å². The zero-order chi connectivity index (χ0) is 17.5. The van der Waals surface area contributed by atoms with Crippen molar-refractivity contribution in [3.63, 3.8) is 0 Å². The Morgan fingerprint density at radius 2 is 2.17 bits per heavy atom. The summed E-state index contributed by atoms with van der Waals surface area (Å²) in [6.07, 6.45) is 1.96. The van der Waals surface area contributed by atoms with Gasteiger partial charge in [-0.25, -0.2) is 14.5 Å². The van der Waals surface area contributed by atoms with Gasteiger partial charge in [-0.15, -0.1) is 0 Å². The molecule has 9 heteroatoms. The third-order valence-electron chi connectivity index (χ3n) is 3.54. The number of aromatic nitrogens is 5. The molecule has 0 aromatic carbocycles. The fraction of sp³-hybridized carbons (Fsp3) is 0.533. The molecule has 0 radical (unpaired) electrons. The number of carbonyl (C=O) groups excluding carboxylic acids is 1. The normalized spacial score (nSPS) is 10.5. The number of aryl methyl sites for hydroxylation is 3. The molecule has 0 aliphatic carbocycles. The Morgan fingerprint density at radius 3 is 2.88 bits per heavy atom. The molecular formula is C15H23N7O2. The Morgan fingerprint density at radius 1 is 1.38 bits per heavy atom. The second-order valence-corrected chi connectivity index (χ2v) is 5.46. The van der Waals surface area contributed by atoms with Crippen molar-refractivity contribution in [3.05, 3.63) is 22.9 Å². The smallest absolute Gasteiger partial charge is 0.321 e. The molecule has 0 saturated heterocycles. The quantitative estimate of drug-likeness (QED) is 0.800. The van der Waals surface area contributed by atoms with Crippen molar-refractivity contribution in [1.82, 2.24) is 30.5 Å². The maximum Gasteiger partial charge on any atom is 0.321 e. The number of urea groups is 1. The van der Waals surface area contributed by atoms with Crippen LogP contribution in [0.15, 0.2) is 6.07 Å². The molecule has 2 aromatic heterocycles. The Bertz CT molecular complexity index is 699. The van der Waals surface area contributed by atoms with Crippen molar-refractivity contribution in [3.8, 4) is 5.88 Å². The highest BCUT2D eigenvalue weighted by Gasteiger charge is 2.13. The van der Waals surface area contributed by atoms with Gasteiger partial charge in [0.15, 0.2) is 0 Å². The van der Waals surface area contributed by atoms with Gasteiger partial charge in [0, 0.05) is 17.8 Å². The number of methoxy groups -OCH3 is 1. The van der Waals surface area contributed by atoms with Crippen LogP contribution in [-0.2, 0) is 13.1 Å². The molecule has 0 saturated carbocycles. The Hall–Kier alpha value is -2.71. The van der Waals surface area contributed by atoms with Gasteiger partial charge in [-0.1, -0.05) is 18.4 Å². The van der Waals surface area contributed by atoms with Crippen LogP contribution in [0, 0.1) is 13.8 Å². The number of anilines is 1. The second-order valence-electron chi connectivity index (χ2n) is 5.46. The number of hydrogen-bond donors (Lipinski definition) is 2. The van der Waals surface area contributed by atoms with Crippen LogP contribution in [0.4, 0.5) is 10.7 Å². The predicted molar refractivity (Wildman–Crippen MR) is 88.8 cm³/mol. The summed E-state index contributed by atoms with van der Waals surface area (Å²) >= 11 is 0. The van der Waals surface area contributed by atoms with Gasteiger partial charge < -0.3 is 10.1 Å². The number of ether oxygens (including phenoxy) is 1. The number of hydrogen-bond acceptors (Lipinski definition) is 6. The van der Waals surface area contributed by atoms with E-state index >= 15 is 0 Å². The van der Waals surface area contributed by atoms with E-state index in [1.807, 2.05) is 19.9 Å². The minimum Gasteiger partial charge on any atom is -0.481 e. The fourth-order valence-electron chi connectivity index (χ4n) is 2.28. The number of carbonyl (C=O) groups is 1. The first kappa shape index (κ1) is 17.6. The number of amides is 2. The van der Waals surface area contributed by atoms with Crippen molar-refractivity contribution in [1.29, 1.82) is 0 Å². The fourth-order valence-corrected chi connectivity index (χ4v) is 2.28. The van der Waals surface area contributed by atoms with Crippen molar-refractivity contribution in [2.24, 2.45) is 0 Å². The summed E-state index contributed by atoms with van der Waals surface area (Å²) in [5.41, 5.74) is 2.71. The second kappa shape index (κ2) is 8.23. The van der Waals surface area contributed by atoms with E-state index in [4.69, 9.17) is 4.74 Å². The van der Waals surface area contributed by atoms with Crippen LogP contribution in [0.2, 0.25) is 0 Å². The molecule has 2 rings (SSSR count). The van der Waals surface area contributed by atoms with Gasteiger partial charge in [0.2, 0.25) is 5.88 Å². The van der Waals surface area contributed by atoms with Gasteiger partial charge in [-0.2, -0.15) is 0 Å². The van der Waals surface area contributed by atoms with Gasteiger partial charge in [0.25, 0.3) is 5.95 Å². The topological polar surface area (TPSA) is 107 Å². The predicted octanol–water partition coefficient (Wildman–Crippen LogP) is 1.82. The number of rotatable bonds is 7. The molecule has 2 aromatic rings. The summed E-state index contributed by atoms with van der Waals surface area (Å²) in [7, 11) is 1.56. The molecule has 0 unspecified atom stereocenters. The van der Waals surface area contributed by atoms with Gasteiger partial charge >= 0.3 is 6.03 Å². The maximum absolute atomic E-state index is 12.1. The molecule has 0 aliphatic heterocycles. The van der Waals surface area contributed by atoms with Crippen LogP contribution >= 0.6 is 0 Å². The molecule has 9 nitrogen and oxygen atoms in total. The average molecular weight is 333 g/mol. The Kier molecular flexibility index (Phi) is 6.05. The summed E-state index contributed by atoms with van der Waals surface area (Å²) in [6, 6.07) is 1.56. The lowest BCUT2D eigenvalue weighted by atomic mass is 10.1. The molecule has 0 fully saturated rings. The summed E-state index contributed by atoms with van der Waals surface area (Å²) < 4.78 is 6.86. The van der Waals surface area contributed by atoms with Crippen molar-refractivity contribution >= 4 is 12.0 Å². The van der Waals surface area contributed by atoms with E-state index in [1.54, 1.807) is 11.8 Å². The molecule has 0 bridgehead atoms. The molecule has 2 amide bonds. The minimum atomic E-state index is -0.385. The number of tetrazole rings is 1. The molecule has 2 heterocycles. The van der Waals surface area contributed by atoms with Crippen LogP contribution in [0.1, 0.15) is 36.6 Å². The van der Waals surface area contributed by atoms with E-state index in [0.29, 0.717) is 24.9 Å².